The van der Waals surface area contributed by atoms with Gasteiger partial charge in [0.15, 0.2) is 0 Å². The summed E-state index contributed by atoms with van der Waals surface area (Å²) >= 11 is 0. The fourth-order valence-corrected chi connectivity index (χ4v) is 4.46. The molecule has 0 aliphatic carbocycles. The number of piperidine rings is 1. The molecule has 1 amide bonds. The van der Waals surface area contributed by atoms with Crippen molar-refractivity contribution in [2.75, 3.05) is 57.9 Å². The van der Waals surface area contributed by atoms with Gasteiger partial charge in [-0.15, -0.1) is 0 Å². The third-order valence-electron chi connectivity index (χ3n) is 6.07. The van der Waals surface area contributed by atoms with E-state index in [2.05, 4.69) is 26.8 Å². The highest BCUT2D eigenvalue weighted by molar-refractivity contribution is 6.00. The number of carbonyl (C=O) groups is 1. The summed E-state index contributed by atoms with van der Waals surface area (Å²) in [4.78, 5) is 20.1. The topological polar surface area (TPSA) is 36.0 Å². The molecule has 0 spiro atoms. The first-order valence-corrected chi connectivity index (χ1v) is 10.7. The lowest BCUT2D eigenvalue weighted by molar-refractivity contribution is 0.0224. The number of amides is 1. The molecule has 4 rings (SSSR count). The summed E-state index contributed by atoms with van der Waals surface area (Å²) in [6.07, 6.45) is 2.28. The average molecular weight is 394 g/mol. The first-order valence-electron chi connectivity index (χ1n) is 10.7. The predicted octanol–water partition coefficient (Wildman–Crippen LogP) is 3.64. The molecular formula is C24H31N3O2. The zero-order chi connectivity index (χ0) is 20.1. The molecule has 29 heavy (non-hydrogen) atoms. The number of nitrogens with zero attached hydrogens (tertiary/aromatic N) is 3. The summed E-state index contributed by atoms with van der Waals surface area (Å²) in [5.74, 6) is 0.694. The van der Waals surface area contributed by atoms with Crippen LogP contribution >= 0.6 is 0 Å². The molecule has 5 heteroatoms. The number of hydrogen-bond donors (Lipinski definition) is 0. The quantitative estimate of drug-likeness (QED) is 0.777. The van der Waals surface area contributed by atoms with Crippen molar-refractivity contribution in [3.05, 3.63) is 60.2 Å². The molecule has 2 fully saturated rings. The second-order valence-corrected chi connectivity index (χ2v) is 8.08. The molecule has 2 saturated heterocycles. The van der Waals surface area contributed by atoms with Gasteiger partial charge in [-0.2, -0.15) is 0 Å². The first-order chi connectivity index (χ1) is 14.2. The third kappa shape index (κ3) is 4.80. The van der Waals surface area contributed by atoms with Crippen molar-refractivity contribution >= 4 is 17.3 Å². The van der Waals surface area contributed by atoms with Crippen LogP contribution < -0.4 is 4.90 Å². The largest absolute Gasteiger partial charge is 0.379 e. The van der Waals surface area contributed by atoms with Gasteiger partial charge < -0.3 is 14.5 Å². The van der Waals surface area contributed by atoms with E-state index in [-0.39, 0.29) is 5.91 Å². The minimum atomic E-state index is 0.148. The maximum Gasteiger partial charge on any atom is 0.255 e. The third-order valence-corrected chi connectivity index (χ3v) is 6.07. The van der Waals surface area contributed by atoms with Crippen LogP contribution in [0.5, 0.6) is 0 Å². The first kappa shape index (κ1) is 19.9. The molecule has 2 aliphatic rings. The Kier molecular flexibility index (Phi) is 6.47. The summed E-state index contributed by atoms with van der Waals surface area (Å²) < 4.78 is 5.47. The molecule has 2 aromatic rings. The lowest BCUT2D eigenvalue weighted by atomic mass is 9.96. The number of para-hydroxylation sites is 2. The number of likely N-dealkylation sites (tertiary alicyclic amines) is 1. The second kappa shape index (κ2) is 9.42. The van der Waals surface area contributed by atoms with Crippen molar-refractivity contribution in [2.45, 2.75) is 12.8 Å². The van der Waals surface area contributed by atoms with E-state index in [0.29, 0.717) is 5.92 Å². The maximum atomic E-state index is 13.5. The van der Waals surface area contributed by atoms with E-state index in [0.717, 1.165) is 69.3 Å². The van der Waals surface area contributed by atoms with Crippen LogP contribution in [-0.4, -0.2) is 68.7 Å². The zero-order valence-corrected chi connectivity index (χ0v) is 17.3. The van der Waals surface area contributed by atoms with Gasteiger partial charge in [0.25, 0.3) is 5.91 Å². The number of rotatable bonds is 5. The van der Waals surface area contributed by atoms with E-state index >= 15 is 0 Å². The number of ether oxygens (including phenoxy) is 1. The van der Waals surface area contributed by atoms with Crippen LogP contribution in [-0.2, 0) is 4.74 Å². The molecule has 2 aliphatic heterocycles. The number of hydrogen-bond acceptors (Lipinski definition) is 4. The van der Waals surface area contributed by atoms with Crippen LogP contribution in [0, 0.1) is 5.92 Å². The number of morpholine rings is 1. The summed E-state index contributed by atoms with van der Waals surface area (Å²) in [5.41, 5.74) is 2.82. The van der Waals surface area contributed by atoms with E-state index in [9.17, 15) is 4.79 Å². The maximum absolute atomic E-state index is 13.5. The van der Waals surface area contributed by atoms with E-state index < -0.39 is 0 Å². The van der Waals surface area contributed by atoms with Gasteiger partial charge in [-0.1, -0.05) is 30.3 Å². The highest BCUT2D eigenvalue weighted by Gasteiger charge is 2.28. The van der Waals surface area contributed by atoms with Gasteiger partial charge >= 0.3 is 0 Å². The van der Waals surface area contributed by atoms with Crippen LogP contribution in [0.1, 0.15) is 23.2 Å². The highest BCUT2D eigenvalue weighted by atomic mass is 16.5. The number of carbonyl (C=O) groups excluding carboxylic acids is 1. The summed E-state index contributed by atoms with van der Waals surface area (Å²) in [7, 11) is 2.03. The van der Waals surface area contributed by atoms with Crippen LogP contribution in [0.4, 0.5) is 11.4 Å². The molecule has 0 radical (unpaired) electrons. The van der Waals surface area contributed by atoms with Crippen molar-refractivity contribution in [2.24, 2.45) is 5.92 Å². The smallest absolute Gasteiger partial charge is 0.255 e. The lowest BCUT2D eigenvalue weighted by Gasteiger charge is -2.37. The molecule has 0 bridgehead atoms. The van der Waals surface area contributed by atoms with E-state index in [1.165, 1.54) is 6.42 Å². The van der Waals surface area contributed by atoms with Gasteiger partial charge in [0.2, 0.25) is 0 Å². The van der Waals surface area contributed by atoms with Crippen LogP contribution in [0.25, 0.3) is 0 Å². The molecule has 2 heterocycles. The van der Waals surface area contributed by atoms with Gasteiger partial charge in [-0.3, -0.25) is 9.69 Å². The van der Waals surface area contributed by atoms with E-state index in [1.807, 2.05) is 49.5 Å². The van der Waals surface area contributed by atoms with E-state index in [4.69, 9.17) is 4.74 Å². The Bertz CT molecular complexity index is 805. The fraction of sp³-hybridized carbons (Fsp3) is 0.458. The van der Waals surface area contributed by atoms with Gasteiger partial charge in [0.05, 0.1) is 24.5 Å². The van der Waals surface area contributed by atoms with Gasteiger partial charge in [-0.25, -0.2) is 0 Å². The van der Waals surface area contributed by atoms with Crippen LogP contribution in [0.15, 0.2) is 54.6 Å². The van der Waals surface area contributed by atoms with Gasteiger partial charge in [-0.05, 0) is 43.0 Å². The molecule has 0 saturated carbocycles. The Morgan fingerprint density at radius 2 is 1.76 bits per heavy atom. The molecule has 5 nitrogen and oxygen atoms in total. The van der Waals surface area contributed by atoms with Crippen LogP contribution in [0.3, 0.4) is 0 Å². The lowest BCUT2D eigenvalue weighted by Crippen LogP contribution is -2.46. The molecule has 0 N–H and O–H groups in total. The van der Waals surface area contributed by atoms with Crippen molar-refractivity contribution in [3.8, 4) is 0 Å². The van der Waals surface area contributed by atoms with Crippen molar-refractivity contribution in [3.63, 3.8) is 0 Å². The summed E-state index contributed by atoms with van der Waals surface area (Å²) in [6, 6.07) is 18.2. The minimum Gasteiger partial charge on any atom is -0.379 e. The fourth-order valence-electron chi connectivity index (χ4n) is 4.46. The molecular weight excluding hydrogens is 362 g/mol. The van der Waals surface area contributed by atoms with Gasteiger partial charge in [0.1, 0.15) is 0 Å². The van der Waals surface area contributed by atoms with Crippen molar-refractivity contribution in [1.29, 1.82) is 0 Å². The van der Waals surface area contributed by atoms with Crippen LogP contribution in [0.2, 0.25) is 0 Å². The normalized spacial score (nSPS) is 20.4. The van der Waals surface area contributed by atoms with E-state index in [1.54, 1.807) is 0 Å². The number of benzene rings is 2. The standard InChI is InChI=1S/C24H31N3O2/c1-25(21-9-3-2-4-10-21)23-12-6-5-11-22(23)24(28)27-13-7-8-20(19-27)18-26-14-16-29-17-15-26/h2-6,9-12,20H,7-8,13-19H2,1H3. The SMILES string of the molecule is CN(c1ccccc1)c1ccccc1C(=O)N1CCCC(CN2CCOCC2)C1. The Balaban J connectivity index is 1.47. The Morgan fingerprint density at radius 3 is 2.55 bits per heavy atom. The second-order valence-electron chi connectivity index (χ2n) is 8.08. The highest BCUT2D eigenvalue weighted by Crippen LogP contribution is 2.29. The van der Waals surface area contributed by atoms with Crippen molar-refractivity contribution in [1.82, 2.24) is 9.80 Å². The molecule has 2 aromatic carbocycles. The molecule has 0 aromatic heterocycles. The predicted molar refractivity (Wildman–Crippen MR) is 117 cm³/mol. The Hall–Kier alpha value is -2.37. The average Bonchev–Trinajstić information content (AvgIpc) is 2.79. The molecule has 1 atom stereocenters. The monoisotopic (exact) mass is 393 g/mol. The van der Waals surface area contributed by atoms with Crippen molar-refractivity contribution < 1.29 is 9.53 Å². The summed E-state index contributed by atoms with van der Waals surface area (Å²) in [6.45, 7) is 6.44. The molecule has 1 unspecified atom stereocenters. The Morgan fingerprint density at radius 1 is 1.03 bits per heavy atom. The zero-order valence-electron chi connectivity index (χ0n) is 17.3. The number of anilines is 2. The van der Waals surface area contributed by atoms with Gasteiger partial charge in [0, 0.05) is 45.5 Å². The molecule has 154 valence electrons. The minimum absolute atomic E-state index is 0.148. The Labute approximate surface area is 173 Å². The summed E-state index contributed by atoms with van der Waals surface area (Å²) in [5, 5.41) is 0.